The first-order valence-corrected chi connectivity index (χ1v) is 10.1. The Morgan fingerprint density at radius 2 is 1.21 bits per heavy atom. The van der Waals surface area contributed by atoms with Gasteiger partial charge in [0, 0.05) is 31.1 Å². The van der Waals surface area contributed by atoms with Crippen LogP contribution in [0.2, 0.25) is 0 Å². The molecule has 1 aromatic rings. The molecule has 2 unspecified atom stereocenters. The molecule has 19 heavy (non-hydrogen) atoms. The summed E-state index contributed by atoms with van der Waals surface area (Å²) in [6.45, 7) is 13.8. The Morgan fingerprint density at radius 3 is 1.53 bits per heavy atom. The molecule has 1 aromatic heterocycles. The highest BCUT2D eigenvalue weighted by molar-refractivity contribution is 8.02. The van der Waals surface area contributed by atoms with E-state index in [0.717, 1.165) is 11.8 Å². The molecule has 1 rings (SSSR count). The average Bonchev–Trinajstić information content (AvgIpc) is 2.67. The van der Waals surface area contributed by atoms with Gasteiger partial charge in [-0.1, -0.05) is 40.5 Å². The molecule has 1 heterocycles. The van der Waals surface area contributed by atoms with Crippen LogP contribution in [-0.4, -0.2) is 11.5 Å². The number of hydrogen-bond donors (Lipinski definition) is 0. The molecule has 0 aliphatic heterocycles. The van der Waals surface area contributed by atoms with Crippen molar-refractivity contribution in [3.05, 3.63) is 9.75 Å². The fourth-order valence-corrected chi connectivity index (χ4v) is 5.95. The van der Waals surface area contributed by atoms with Gasteiger partial charge in [0.15, 0.2) is 0 Å². The Balaban J connectivity index is 2.73. The Bertz CT molecular complexity index is 347. The SMILES string of the molecule is CCC(C)CSc1c(C)sc(C)c1SCC(C)CC. The second kappa shape index (κ2) is 8.63. The molecular weight excluding hydrogens is 288 g/mol. The van der Waals surface area contributed by atoms with Crippen LogP contribution in [0.3, 0.4) is 0 Å². The highest BCUT2D eigenvalue weighted by atomic mass is 32.2. The predicted molar refractivity (Wildman–Crippen MR) is 94.2 cm³/mol. The summed E-state index contributed by atoms with van der Waals surface area (Å²) in [5.41, 5.74) is 0. The molecule has 0 bridgehead atoms. The van der Waals surface area contributed by atoms with Crippen molar-refractivity contribution in [3.8, 4) is 0 Å². The Morgan fingerprint density at radius 1 is 0.842 bits per heavy atom. The maximum atomic E-state index is 2.35. The minimum atomic E-state index is 0.817. The zero-order valence-corrected chi connectivity index (χ0v) is 15.7. The Labute approximate surface area is 132 Å². The summed E-state index contributed by atoms with van der Waals surface area (Å²) >= 11 is 6.12. The number of aryl methyl sites for hydroxylation is 2. The van der Waals surface area contributed by atoms with E-state index in [0.29, 0.717) is 0 Å². The Kier molecular flexibility index (Phi) is 7.93. The van der Waals surface area contributed by atoms with E-state index in [1.165, 1.54) is 34.1 Å². The minimum Gasteiger partial charge on any atom is -0.144 e. The predicted octanol–water partition coefficient (Wildman–Crippen LogP) is 6.64. The number of hydrogen-bond acceptors (Lipinski definition) is 3. The lowest BCUT2D eigenvalue weighted by Gasteiger charge is -2.12. The summed E-state index contributed by atoms with van der Waals surface area (Å²) in [5.74, 6) is 4.14. The second-order valence-electron chi connectivity index (χ2n) is 5.52. The van der Waals surface area contributed by atoms with Gasteiger partial charge in [0.05, 0.1) is 0 Å². The average molecular weight is 317 g/mol. The van der Waals surface area contributed by atoms with Crippen LogP contribution in [0.25, 0.3) is 0 Å². The van der Waals surface area contributed by atoms with Gasteiger partial charge in [-0.15, -0.1) is 34.9 Å². The van der Waals surface area contributed by atoms with Gasteiger partial charge in [-0.3, -0.25) is 0 Å². The lowest BCUT2D eigenvalue weighted by molar-refractivity contribution is 0.635. The quantitative estimate of drug-likeness (QED) is 0.493. The zero-order valence-electron chi connectivity index (χ0n) is 13.2. The molecule has 0 amide bonds. The van der Waals surface area contributed by atoms with Crippen LogP contribution in [-0.2, 0) is 0 Å². The van der Waals surface area contributed by atoms with Gasteiger partial charge < -0.3 is 0 Å². The monoisotopic (exact) mass is 316 g/mol. The summed E-state index contributed by atoms with van der Waals surface area (Å²) < 4.78 is 0. The third-order valence-corrected chi connectivity index (χ3v) is 8.05. The lowest BCUT2D eigenvalue weighted by Crippen LogP contribution is -1.97. The molecule has 110 valence electrons. The van der Waals surface area contributed by atoms with E-state index in [9.17, 15) is 0 Å². The number of thioether (sulfide) groups is 2. The van der Waals surface area contributed by atoms with Gasteiger partial charge >= 0.3 is 0 Å². The van der Waals surface area contributed by atoms with Crippen LogP contribution in [0.5, 0.6) is 0 Å². The van der Waals surface area contributed by atoms with E-state index >= 15 is 0 Å². The van der Waals surface area contributed by atoms with Gasteiger partial charge in [-0.2, -0.15) is 0 Å². The lowest BCUT2D eigenvalue weighted by atomic mass is 10.2. The van der Waals surface area contributed by atoms with Crippen LogP contribution >= 0.6 is 34.9 Å². The maximum absolute atomic E-state index is 2.35. The molecule has 0 aliphatic rings. The summed E-state index contributed by atoms with van der Waals surface area (Å²) in [6.07, 6.45) is 2.56. The third kappa shape index (κ3) is 5.35. The van der Waals surface area contributed by atoms with Crippen molar-refractivity contribution in [2.24, 2.45) is 11.8 Å². The van der Waals surface area contributed by atoms with Gasteiger partial charge in [0.2, 0.25) is 0 Å². The van der Waals surface area contributed by atoms with Gasteiger partial charge in [-0.25, -0.2) is 0 Å². The first-order valence-electron chi connectivity index (χ1n) is 7.35. The van der Waals surface area contributed by atoms with Crippen LogP contribution < -0.4 is 0 Å². The summed E-state index contributed by atoms with van der Waals surface area (Å²) in [5, 5.41) is 0. The molecule has 0 radical (unpaired) electrons. The molecule has 3 heteroatoms. The highest BCUT2D eigenvalue weighted by Gasteiger charge is 2.15. The van der Waals surface area contributed by atoms with Crippen molar-refractivity contribution in [2.75, 3.05) is 11.5 Å². The first kappa shape index (κ1) is 17.5. The molecule has 0 fully saturated rings. The molecule has 0 spiro atoms. The molecule has 0 aliphatic carbocycles. The van der Waals surface area contributed by atoms with Gasteiger partial charge in [0.1, 0.15) is 0 Å². The summed E-state index contributed by atoms with van der Waals surface area (Å²) in [4.78, 5) is 6.15. The minimum absolute atomic E-state index is 0.817. The van der Waals surface area contributed by atoms with E-state index in [4.69, 9.17) is 0 Å². The van der Waals surface area contributed by atoms with Crippen LogP contribution in [0.4, 0.5) is 0 Å². The normalized spacial score (nSPS) is 14.6. The standard InChI is InChI=1S/C16H28S3/c1-7-11(3)9-17-15-13(5)19-14(6)16(15)18-10-12(4)8-2/h11-12H,7-10H2,1-6H3. The fraction of sp³-hybridized carbons (Fsp3) is 0.750. The topological polar surface area (TPSA) is 0 Å². The van der Waals surface area contributed by atoms with Crippen molar-refractivity contribution in [3.63, 3.8) is 0 Å². The van der Waals surface area contributed by atoms with Gasteiger partial charge in [-0.05, 0) is 25.7 Å². The number of rotatable bonds is 8. The fourth-order valence-electron chi connectivity index (χ4n) is 1.66. The molecule has 2 atom stereocenters. The molecule has 0 saturated carbocycles. The summed E-state index contributed by atoms with van der Waals surface area (Å²) in [7, 11) is 0. The van der Waals surface area contributed by atoms with Gasteiger partial charge in [0.25, 0.3) is 0 Å². The largest absolute Gasteiger partial charge is 0.144 e. The van der Waals surface area contributed by atoms with E-state index in [1.807, 2.05) is 11.3 Å². The van der Waals surface area contributed by atoms with Crippen LogP contribution in [0.15, 0.2) is 9.79 Å². The van der Waals surface area contributed by atoms with Crippen molar-refractivity contribution in [1.29, 1.82) is 0 Å². The van der Waals surface area contributed by atoms with Crippen molar-refractivity contribution >= 4 is 34.9 Å². The smallest absolute Gasteiger partial charge is 0.0347 e. The molecule has 0 nitrogen and oxygen atoms in total. The van der Waals surface area contributed by atoms with Crippen LogP contribution in [0, 0.1) is 25.7 Å². The Hall–Kier alpha value is 0.400. The van der Waals surface area contributed by atoms with E-state index in [2.05, 4.69) is 65.1 Å². The first-order chi connectivity index (χ1) is 8.99. The van der Waals surface area contributed by atoms with E-state index in [1.54, 1.807) is 9.79 Å². The molecule has 0 aromatic carbocycles. The highest BCUT2D eigenvalue weighted by Crippen LogP contribution is 2.42. The van der Waals surface area contributed by atoms with Crippen LogP contribution in [0.1, 0.15) is 50.3 Å². The number of thiophene rings is 1. The molecule has 0 saturated heterocycles. The zero-order chi connectivity index (χ0) is 14.4. The molecule has 0 N–H and O–H groups in total. The van der Waals surface area contributed by atoms with Crippen molar-refractivity contribution in [2.45, 2.75) is 64.2 Å². The molecular formula is C16H28S3. The maximum Gasteiger partial charge on any atom is 0.0347 e. The van der Waals surface area contributed by atoms with Crippen molar-refractivity contribution < 1.29 is 0 Å². The van der Waals surface area contributed by atoms with E-state index in [-0.39, 0.29) is 0 Å². The third-order valence-electron chi connectivity index (χ3n) is 3.57. The van der Waals surface area contributed by atoms with E-state index < -0.39 is 0 Å². The summed E-state index contributed by atoms with van der Waals surface area (Å²) in [6, 6.07) is 0. The second-order valence-corrected chi connectivity index (χ2v) is 9.01. The van der Waals surface area contributed by atoms with Crippen molar-refractivity contribution in [1.82, 2.24) is 0 Å².